The highest BCUT2D eigenvalue weighted by molar-refractivity contribution is 8.76. The van der Waals surface area contributed by atoms with Gasteiger partial charge in [0.2, 0.25) is 5.91 Å². The monoisotopic (exact) mass is 690 g/mol. The van der Waals surface area contributed by atoms with E-state index in [2.05, 4.69) is 56.4 Å². The Morgan fingerprint density at radius 1 is 0.872 bits per heavy atom. The van der Waals surface area contributed by atoms with Crippen LogP contribution in [0.1, 0.15) is 157 Å². The molecule has 0 bridgehead atoms. The molecule has 0 aliphatic heterocycles. The fraction of sp³-hybridized carbons (Fsp3) is 0.927. The van der Waals surface area contributed by atoms with Crippen molar-refractivity contribution in [3.05, 3.63) is 11.6 Å². The third kappa shape index (κ3) is 10.4. The number of hydrogen-bond acceptors (Lipinski definition) is 5. The van der Waals surface area contributed by atoms with E-state index in [1.165, 1.54) is 96.3 Å². The maximum Gasteiger partial charge on any atom is 0.223 e. The Balaban J connectivity index is 1.22. The van der Waals surface area contributed by atoms with Gasteiger partial charge in [-0.25, -0.2) is 0 Å². The number of carbonyl (C=O) groups excluding carboxylic acids is 1. The third-order valence-corrected chi connectivity index (χ3v) is 16.6. The van der Waals surface area contributed by atoms with Crippen LogP contribution in [0.5, 0.6) is 0 Å². The molecule has 272 valence electrons. The highest BCUT2D eigenvalue weighted by Gasteiger charge is 2.59. The molecule has 6 heteroatoms. The van der Waals surface area contributed by atoms with Crippen molar-refractivity contribution in [1.82, 2.24) is 4.90 Å². The summed E-state index contributed by atoms with van der Waals surface area (Å²) in [7, 11) is 4.04. The van der Waals surface area contributed by atoms with Gasteiger partial charge in [-0.3, -0.25) is 4.79 Å². The van der Waals surface area contributed by atoms with Crippen LogP contribution < -0.4 is 11.5 Å². The van der Waals surface area contributed by atoms with E-state index in [4.69, 9.17) is 11.5 Å². The summed E-state index contributed by atoms with van der Waals surface area (Å²) in [6.45, 7) is 15.9. The third-order valence-electron chi connectivity index (χ3n) is 13.7. The van der Waals surface area contributed by atoms with Gasteiger partial charge in [-0.1, -0.05) is 113 Å². The standard InChI is InChI=1S/C41H75N3OS2/c1-31(2)14-12-15-32(3)36-18-19-37-35-17-16-33-30-34(20-23-40(33,4)38(35)21-24-41(36,37)5)47-46-29-22-39(45)44(28-13-26-43)27-11-9-7-6-8-10-25-42/h16,31-32,34-38H,6-15,17-30,42-43H2,1-5H3/t32-,34+,35+,36-,37+,38+,40+,41-/m1/s1. The number of unbranched alkanes of at least 4 members (excludes halogenated alkanes) is 5. The van der Waals surface area contributed by atoms with E-state index >= 15 is 0 Å². The molecular formula is C41H75N3OS2. The summed E-state index contributed by atoms with van der Waals surface area (Å²) in [5.41, 5.74) is 14.2. The van der Waals surface area contributed by atoms with E-state index in [9.17, 15) is 4.79 Å². The van der Waals surface area contributed by atoms with Crippen LogP contribution in [0.3, 0.4) is 0 Å². The average Bonchev–Trinajstić information content (AvgIpc) is 3.41. The van der Waals surface area contributed by atoms with Crippen molar-refractivity contribution in [1.29, 1.82) is 0 Å². The molecule has 0 aromatic heterocycles. The number of allylic oxidation sites excluding steroid dienone is 2. The van der Waals surface area contributed by atoms with Crippen molar-refractivity contribution in [2.24, 2.45) is 57.8 Å². The number of nitrogens with zero attached hydrogens (tertiary/aromatic N) is 1. The number of nitrogens with two attached hydrogens (primary N) is 2. The molecule has 0 aromatic rings. The first kappa shape index (κ1) is 39.6. The lowest BCUT2D eigenvalue weighted by Gasteiger charge is -2.58. The molecule has 0 unspecified atom stereocenters. The number of carbonyl (C=O) groups is 1. The molecule has 4 rings (SSSR count). The van der Waals surface area contributed by atoms with Gasteiger partial charge in [-0.05, 0) is 130 Å². The van der Waals surface area contributed by atoms with Gasteiger partial charge in [0.25, 0.3) is 0 Å². The van der Waals surface area contributed by atoms with E-state index in [1.54, 1.807) is 5.57 Å². The zero-order valence-electron chi connectivity index (χ0n) is 31.4. The molecule has 3 saturated carbocycles. The molecule has 4 nitrogen and oxygen atoms in total. The molecule has 1 amide bonds. The summed E-state index contributed by atoms with van der Waals surface area (Å²) in [4.78, 5) is 15.2. The second-order valence-corrected chi connectivity index (χ2v) is 20.0. The van der Waals surface area contributed by atoms with Crippen LogP contribution in [-0.2, 0) is 4.79 Å². The molecular weight excluding hydrogens is 615 g/mol. The SMILES string of the molecule is CC(C)CCC[C@@H](C)[C@H]1CC[C@H]2[C@@H]3CC=C4C[C@@H](SSCCC(=O)N(CCCN)CCCCCCCCN)CC[C@]4(C)[C@H]3CC[C@]12C. The van der Waals surface area contributed by atoms with Gasteiger partial charge >= 0.3 is 0 Å². The molecule has 47 heavy (non-hydrogen) atoms. The highest BCUT2D eigenvalue weighted by Crippen LogP contribution is 2.67. The van der Waals surface area contributed by atoms with Crippen LogP contribution in [0, 0.1) is 46.3 Å². The summed E-state index contributed by atoms with van der Waals surface area (Å²) >= 11 is 0. The summed E-state index contributed by atoms with van der Waals surface area (Å²) in [6, 6.07) is 0. The van der Waals surface area contributed by atoms with Gasteiger partial charge in [0.1, 0.15) is 0 Å². The molecule has 3 fully saturated rings. The normalized spacial score (nSPS) is 32.4. The molecule has 8 atom stereocenters. The lowest BCUT2D eigenvalue weighted by atomic mass is 9.47. The van der Waals surface area contributed by atoms with Crippen LogP contribution in [0.4, 0.5) is 0 Å². The molecule has 0 heterocycles. The summed E-state index contributed by atoms with van der Waals surface area (Å²) < 4.78 is 0. The minimum Gasteiger partial charge on any atom is -0.343 e. The number of hydrogen-bond donors (Lipinski definition) is 2. The van der Waals surface area contributed by atoms with Gasteiger partial charge in [0.05, 0.1) is 0 Å². The van der Waals surface area contributed by atoms with Crippen molar-refractivity contribution in [2.45, 2.75) is 162 Å². The maximum absolute atomic E-state index is 13.1. The Kier molecular flexibility index (Phi) is 16.4. The van der Waals surface area contributed by atoms with Crippen LogP contribution in [0.2, 0.25) is 0 Å². The van der Waals surface area contributed by atoms with E-state index in [0.29, 0.717) is 35.0 Å². The van der Waals surface area contributed by atoms with E-state index in [1.807, 2.05) is 10.8 Å². The van der Waals surface area contributed by atoms with E-state index in [-0.39, 0.29) is 0 Å². The van der Waals surface area contributed by atoms with Gasteiger partial charge in [0, 0.05) is 30.5 Å². The highest BCUT2D eigenvalue weighted by atomic mass is 33.1. The lowest BCUT2D eigenvalue weighted by molar-refractivity contribution is -0.130. The van der Waals surface area contributed by atoms with Gasteiger partial charge in [0.15, 0.2) is 0 Å². The fourth-order valence-corrected chi connectivity index (χ4v) is 13.6. The topological polar surface area (TPSA) is 72.3 Å². The predicted octanol–water partition coefficient (Wildman–Crippen LogP) is 10.6. The summed E-state index contributed by atoms with van der Waals surface area (Å²) in [6.07, 6.45) is 27.0. The second-order valence-electron chi connectivity index (χ2n) is 17.3. The lowest BCUT2D eigenvalue weighted by Crippen LogP contribution is -2.50. The average molecular weight is 690 g/mol. The van der Waals surface area contributed by atoms with Crippen molar-refractivity contribution < 1.29 is 4.79 Å². The minimum atomic E-state index is 0.329. The first-order chi connectivity index (χ1) is 22.6. The molecule has 0 spiro atoms. The zero-order chi connectivity index (χ0) is 33.9. The smallest absolute Gasteiger partial charge is 0.223 e. The Morgan fingerprint density at radius 3 is 2.34 bits per heavy atom. The molecule has 4 N–H and O–H groups in total. The van der Waals surface area contributed by atoms with Gasteiger partial charge in [-0.2, -0.15) is 0 Å². The largest absolute Gasteiger partial charge is 0.343 e. The van der Waals surface area contributed by atoms with Crippen molar-refractivity contribution in [3.8, 4) is 0 Å². The Bertz CT molecular complexity index is 972. The van der Waals surface area contributed by atoms with Crippen LogP contribution in [0.25, 0.3) is 0 Å². The molecule has 0 saturated heterocycles. The first-order valence-electron chi connectivity index (χ1n) is 20.3. The maximum atomic E-state index is 13.1. The zero-order valence-corrected chi connectivity index (χ0v) is 33.0. The second kappa shape index (κ2) is 19.4. The molecule has 4 aliphatic rings. The Labute approximate surface area is 299 Å². The summed E-state index contributed by atoms with van der Waals surface area (Å²) in [5, 5.41) is 0.704. The predicted molar refractivity (Wildman–Crippen MR) is 209 cm³/mol. The molecule has 4 aliphatic carbocycles. The number of rotatable bonds is 21. The Morgan fingerprint density at radius 2 is 1.60 bits per heavy atom. The molecule has 0 aromatic carbocycles. The summed E-state index contributed by atoms with van der Waals surface area (Å²) in [5.74, 6) is 6.69. The van der Waals surface area contributed by atoms with E-state index in [0.717, 1.165) is 80.2 Å². The van der Waals surface area contributed by atoms with Crippen LogP contribution >= 0.6 is 21.6 Å². The van der Waals surface area contributed by atoms with Crippen molar-refractivity contribution in [2.75, 3.05) is 31.9 Å². The van der Waals surface area contributed by atoms with Crippen LogP contribution in [-0.4, -0.2) is 48.0 Å². The number of fused-ring (bicyclic) bond motifs is 5. The van der Waals surface area contributed by atoms with E-state index < -0.39 is 0 Å². The number of amides is 1. The van der Waals surface area contributed by atoms with Gasteiger partial charge in [-0.15, -0.1) is 0 Å². The Hall–Kier alpha value is -0.170. The molecule has 0 radical (unpaired) electrons. The quantitative estimate of drug-likeness (QED) is 0.0713. The fourth-order valence-electron chi connectivity index (χ4n) is 11.0. The first-order valence-corrected chi connectivity index (χ1v) is 22.7. The van der Waals surface area contributed by atoms with Crippen LogP contribution in [0.15, 0.2) is 11.6 Å². The van der Waals surface area contributed by atoms with Crippen molar-refractivity contribution in [3.63, 3.8) is 0 Å². The van der Waals surface area contributed by atoms with Crippen molar-refractivity contribution >= 4 is 27.5 Å². The van der Waals surface area contributed by atoms with Gasteiger partial charge < -0.3 is 16.4 Å². The minimum absolute atomic E-state index is 0.329.